The molecule has 3 nitrogen and oxygen atoms in total. The van der Waals surface area contributed by atoms with E-state index in [0.29, 0.717) is 0 Å². The van der Waals surface area contributed by atoms with Gasteiger partial charge in [-0.1, -0.05) is 0 Å². The maximum absolute atomic E-state index is 11.3. The molecule has 0 radical (unpaired) electrons. The minimum atomic E-state index is -0.0255. The Labute approximate surface area is 91.5 Å². The van der Waals surface area contributed by atoms with E-state index in [2.05, 4.69) is 18.0 Å². The van der Waals surface area contributed by atoms with E-state index in [1.807, 2.05) is 6.07 Å². The third-order valence-electron chi connectivity index (χ3n) is 2.19. The van der Waals surface area contributed by atoms with Crippen molar-refractivity contribution in [2.45, 2.75) is 6.92 Å². The fourth-order valence-corrected chi connectivity index (χ4v) is 3.37. The Morgan fingerprint density at radius 1 is 1.46 bits per heavy atom. The summed E-state index contributed by atoms with van der Waals surface area (Å²) in [6.45, 7) is 2.06. The number of rotatable bonds is 0. The van der Waals surface area contributed by atoms with Crippen LogP contribution < -0.4 is 8.81 Å². The Bertz CT molecular complexity index is 524. The van der Waals surface area contributed by atoms with Crippen molar-refractivity contribution in [3.05, 3.63) is 28.2 Å². The molecule has 2 aromatic rings. The van der Waals surface area contributed by atoms with E-state index in [1.165, 1.54) is 8.69 Å². The van der Waals surface area contributed by atoms with E-state index in [-0.39, 0.29) is 5.69 Å². The minimum absolute atomic E-state index is 0.0255. The zero-order valence-corrected chi connectivity index (χ0v) is 12.1. The number of benzene rings is 1. The van der Waals surface area contributed by atoms with Crippen LogP contribution in [0.25, 0.3) is 11.0 Å². The summed E-state index contributed by atoms with van der Waals surface area (Å²) in [5, 5.41) is 0. The maximum atomic E-state index is 11.3. The zero-order chi connectivity index (χ0) is 9.59. The molecule has 1 aromatic carbocycles. The first-order valence-electron chi connectivity index (χ1n) is 4.04. The van der Waals surface area contributed by atoms with Gasteiger partial charge in [-0.15, -0.1) is 0 Å². The molecule has 4 heteroatoms. The number of aromatic nitrogens is 2. The summed E-state index contributed by atoms with van der Waals surface area (Å²) in [7, 11) is 1.80. The van der Waals surface area contributed by atoms with Crippen LogP contribution in [-0.4, -0.2) is 35.3 Å². The van der Waals surface area contributed by atoms with Gasteiger partial charge in [-0.2, -0.15) is 0 Å². The second-order valence-electron chi connectivity index (χ2n) is 3.24. The number of aryl methyl sites for hydroxylation is 2. The molecular weight excluding hydrogens is 356 g/mol. The second kappa shape index (κ2) is 2.97. The standard InChI is InChI=1S/C9H9N2O.Tl/c1-6-3-4-7-8(5-6)11(2)9(12)10-7;/h3,5H,1-2H3,(H,10,12);. The topological polar surface area (TPSA) is 37.8 Å². The van der Waals surface area contributed by atoms with Crippen LogP contribution in [0.5, 0.6) is 0 Å². The summed E-state index contributed by atoms with van der Waals surface area (Å²) in [6.07, 6.45) is 0. The molecule has 0 spiro atoms. The Morgan fingerprint density at radius 2 is 2.15 bits per heavy atom. The molecule has 0 amide bonds. The van der Waals surface area contributed by atoms with Crippen molar-refractivity contribution in [2.24, 2.45) is 7.05 Å². The molecule has 0 unspecified atom stereocenters. The summed E-state index contributed by atoms with van der Waals surface area (Å²) >= 11 is 0.755. The number of fused-ring (bicyclic) bond motifs is 1. The number of nitrogens with zero attached hydrogens (tertiary/aromatic N) is 1. The summed E-state index contributed by atoms with van der Waals surface area (Å²) in [4.78, 5) is 14.2. The van der Waals surface area contributed by atoms with E-state index >= 15 is 0 Å². The Hall–Kier alpha value is -0.588. The summed E-state index contributed by atoms with van der Waals surface area (Å²) < 4.78 is 2.95. The third kappa shape index (κ3) is 1.35. The van der Waals surface area contributed by atoms with Crippen LogP contribution in [0.15, 0.2) is 16.9 Å². The van der Waals surface area contributed by atoms with Gasteiger partial charge in [0.2, 0.25) is 0 Å². The SMILES string of the molecule is Cc1c[c]([Tl])c2[nH]c(=O)n(C)c2c1. The van der Waals surface area contributed by atoms with Crippen LogP contribution in [-0.2, 0) is 7.05 Å². The molecule has 13 heavy (non-hydrogen) atoms. The van der Waals surface area contributed by atoms with Crippen LogP contribution in [0.2, 0.25) is 0 Å². The molecule has 1 N–H and O–H groups in total. The van der Waals surface area contributed by atoms with Gasteiger partial charge in [0.15, 0.2) is 0 Å². The van der Waals surface area contributed by atoms with Crippen molar-refractivity contribution < 1.29 is 0 Å². The zero-order valence-electron chi connectivity index (χ0n) is 7.59. The van der Waals surface area contributed by atoms with Crippen LogP contribution in [0.4, 0.5) is 0 Å². The van der Waals surface area contributed by atoms with Crippen molar-refractivity contribution in [2.75, 3.05) is 0 Å². The monoisotopic (exact) mass is 366 g/mol. The summed E-state index contributed by atoms with van der Waals surface area (Å²) in [5.41, 5.74) is 3.23. The van der Waals surface area contributed by atoms with Crippen molar-refractivity contribution in [1.29, 1.82) is 0 Å². The van der Waals surface area contributed by atoms with E-state index in [9.17, 15) is 4.79 Å². The number of hydrogen-bond donors (Lipinski definition) is 1. The molecule has 0 saturated heterocycles. The first-order valence-corrected chi connectivity index (χ1v) is 6.29. The van der Waals surface area contributed by atoms with Gasteiger partial charge in [0, 0.05) is 0 Å². The normalized spacial score (nSPS) is 10.8. The van der Waals surface area contributed by atoms with Gasteiger partial charge >= 0.3 is 91.6 Å². The number of imidazole rings is 1. The molecule has 0 aliphatic carbocycles. The molecule has 0 atom stereocenters. The van der Waals surface area contributed by atoms with Gasteiger partial charge < -0.3 is 0 Å². The van der Waals surface area contributed by atoms with Gasteiger partial charge in [-0.05, 0) is 0 Å². The van der Waals surface area contributed by atoms with E-state index < -0.39 is 0 Å². The molecule has 0 bridgehead atoms. The molecule has 2 rings (SSSR count). The quantitative estimate of drug-likeness (QED) is 0.654. The van der Waals surface area contributed by atoms with Crippen molar-refractivity contribution in [3.63, 3.8) is 0 Å². The van der Waals surface area contributed by atoms with E-state index in [4.69, 9.17) is 0 Å². The Balaban J connectivity index is 3.03. The van der Waals surface area contributed by atoms with Crippen LogP contribution in [0.3, 0.4) is 0 Å². The van der Waals surface area contributed by atoms with Crippen LogP contribution in [0, 0.1) is 6.92 Å². The number of H-pyrrole nitrogens is 1. The molecule has 0 aliphatic heterocycles. The number of aromatic amines is 1. The van der Waals surface area contributed by atoms with Gasteiger partial charge in [-0.25, -0.2) is 0 Å². The Kier molecular flexibility index (Phi) is 2.05. The molecule has 1 heterocycles. The molecular formula is C9H9N2OTl. The van der Waals surface area contributed by atoms with Crippen molar-refractivity contribution in [1.82, 2.24) is 9.55 Å². The predicted octanol–water partition coefficient (Wildman–Crippen LogP) is -0.0312. The van der Waals surface area contributed by atoms with Gasteiger partial charge in [0.25, 0.3) is 0 Å². The van der Waals surface area contributed by atoms with Gasteiger partial charge in [-0.3, -0.25) is 0 Å². The summed E-state index contributed by atoms with van der Waals surface area (Å²) in [6, 6.07) is 4.18. The third-order valence-corrected chi connectivity index (χ3v) is 3.96. The van der Waals surface area contributed by atoms with E-state index in [0.717, 1.165) is 36.8 Å². The molecule has 1 aromatic heterocycles. The Morgan fingerprint density at radius 3 is 2.85 bits per heavy atom. The van der Waals surface area contributed by atoms with E-state index in [1.54, 1.807) is 11.6 Å². The molecule has 64 valence electrons. The average molecular weight is 366 g/mol. The predicted molar refractivity (Wildman–Crippen MR) is 53.7 cm³/mol. The van der Waals surface area contributed by atoms with Crippen molar-refractivity contribution >= 4 is 39.9 Å². The fourth-order valence-electron chi connectivity index (χ4n) is 1.50. The number of hydrogen-bond acceptors (Lipinski definition) is 1. The fraction of sp³-hybridized carbons (Fsp3) is 0.222. The van der Waals surface area contributed by atoms with Gasteiger partial charge in [0.05, 0.1) is 0 Å². The van der Waals surface area contributed by atoms with Crippen molar-refractivity contribution in [3.8, 4) is 0 Å². The number of nitrogens with one attached hydrogen (secondary N) is 1. The molecule has 0 saturated carbocycles. The average Bonchev–Trinajstić information content (AvgIpc) is 2.32. The second-order valence-corrected chi connectivity index (χ2v) is 5.66. The first kappa shape index (κ1) is 8.99. The first-order chi connectivity index (χ1) is 6.09. The van der Waals surface area contributed by atoms with Gasteiger partial charge in [0.1, 0.15) is 0 Å². The molecule has 0 aliphatic rings. The molecule has 0 fully saturated rings. The summed E-state index contributed by atoms with van der Waals surface area (Å²) in [5.74, 6) is 0. The van der Waals surface area contributed by atoms with Crippen LogP contribution in [0.1, 0.15) is 5.56 Å². The van der Waals surface area contributed by atoms with Crippen LogP contribution >= 0.6 is 0 Å².